The van der Waals surface area contributed by atoms with Crippen LogP contribution in [-0.4, -0.2) is 26.1 Å². The van der Waals surface area contributed by atoms with E-state index in [1.807, 2.05) is 24.3 Å². The number of rotatable bonds is 6. The molecule has 0 unspecified atom stereocenters. The molecule has 0 amide bonds. The van der Waals surface area contributed by atoms with Gasteiger partial charge in [-0.1, -0.05) is 19.1 Å². The van der Waals surface area contributed by atoms with Gasteiger partial charge in [0.15, 0.2) is 5.78 Å². The van der Waals surface area contributed by atoms with Crippen LogP contribution in [0.25, 0.3) is 0 Å². The van der Waals surface area contributed by atoms with E-state index < -0.39 is 0 Å². The van der Waals surface area contributed by atoms with Gasteiger partial charge in [0, 0.05) is 7.11 Å². The Labute approximate surface area is 90.0 Å². The molecule has 0 aliphatic rings. The summed E-state index contributed by atoms with van der Waals surface area (Å²) in [7, 11) is 1.50. The van der Waals surface area contributed by atoms with Gasteiger partial charge in [0.2, 0.25) is 0 Å². The van der Waals surface area contributed by atoms with Gasteiger partial charge in [0.25, 0.3) is 0 Å². The first-order valence-electron chi connectivity index (χ1n) is 4.98. The largest absolute Gasteiger partial charge is 0.486 e. The van der Waals surface area contributed by atoms with Crippen LogP contribution in [0.5, 0.6) is 5.75 Å². The van der Waals surface area contributed by atoms with E-state index in [1.165, 1.54) is 12.7 Å². The smallest absolute Gasteiger partial charge is 0.195 e. The maximum atomic E-state index is 11.1. The van der Waals surface area contributed by atoms with Crippen LogP contribution < -0.4 is 4.74 Å². The molecule has 0 bridgehead atoms. The standard InChI is InChI=1S/C12H16O3/c1-3-10-5-4-6-12(7-10)15-9-11(13)8-14-2/h4-7H,3,8-9H2,1-2H3. The number of benzene rings is 1. The summed E-state index contributed by atoms with van der Waals surface area (Å²) in [6.45, 7) is 2.25. The predicted molar refractivity (Wildman–Crippen MR) is 58.2 cm³/mol. The van der Waals surface area contributed by atoms with Crippen LogP contribution in [0.1, 0.15) is 12.5 Å². The topological polar surface area (TPSA) is 35.5 Å². The van der Waals surface area contributed by atoms with Gasteiger partial charge in [-0.15, -0.1) is 0 Å². The third-order valence-electron chi connectivity index (χ3n) is 2.01. The fraction of sp³-hybridized carbons (Fsp3) is 0.417. The molecule has 0 fully saturated rings. The van der Waals surface area contributed by atoms with Crippen molar-refractivity contribution in [1.82, 2.24) is 0 Å². The zero-order valence-electron chi connectivity index (χ0n) is 9.16. The lowest BCUT2D eigenvalue weighted by molar-refractivity contribution is -0.124. The Bertz CT molecular complexity index is 320. The molecule has 3 nitrogen and oxygen atoms in total. The Morgan fingerprint density at radius 1 is 1.33 bits per heavy atom. The van der Waals surface area contributed by atoms with Crippen molar-refractivity contribution in [3.8, 4) is 5.75 Å². The molecule has 0 saturated carbocycles. The molecule has 0 radical (unpaired) electrons. The van der Waals surface area contributed by atoms with Crippen LogP contribution in [0.15, 0.2) is 24.3 Å². The SMILES string of the molecule is CCc1cccc(OCC(=O)COC)c1. The van der Waals surface area contributed by atoms with E-state index in [-0.39, 0.29) is 19.0 Å². The van der Waals surface area contributed by atoms with E-state index in [2.05, 4.69) is 6.92 Å². The van der Waals surface area contributed by atoms with Gasteiger partial charge in [-0.25, -0.2) is 0 Å². The van der Waals surface area contributed by atoms with Gasteiger partial charge in [0.1, 0.15) is 19.0 Å². The van der Waals surface area contributed by atoms with Crippen molar-refractivity contribution in [2.75, 3.05) is 20.3 Å². The first-order chi connectivity index (χ1) is 7.26. The van der Waals surface area contributed by atoms with Gasteiger partial charge < -0.3 is 9.47 Å². The number of aryl methyl sites for hydroxylation is 1. The second-order valence-electron chi connectivity index (χ2n) is 3.26. The number of carbonyl (C=O) groups is 1. The fourth-order valence-corrected chi connectivity index (χ4v) is 1.22. The van der Waals surface area contributed by atoms with E-state index in [0.29, 0.717) is 0 Å². The normalized spacial score (nSPS) is 10.0. The molecule has 1 rings (SSSR count). The molecule has 3 heteroatoms. The second kappa shape index (κ2) is 6.19. The summed E-state index contributed by atoms with van der Waals surface area (Å²) in [6, 6.07) is 7.75. The predicted octanol–water partition coefficient (Wildman–Crippen LogP) is 1.84. The van der Waals surface area contributed by atoms with E-state index in [1.54, 1.807) is 0 Å². The van der Waals surface area contributed by atoms with Crippen LogP contribution in [0.3, 0.4) is 0 Å². The molecule has 0 spiro atoms. The molecule has 0 aromatic heterocycles. The van der Waals surface area contributed by atoms with Gasteiger partial charge in [-0.3, -0.25) is 4.79 Å². The Morgan fingerprint density at radius 2 is 2.13 bits per heavy atom. The van der Waals surface area contributed by atoms with Crippen LogP contribution >= 0.6 is 0 Å². The minimum Gasteiger partial charge on any atom is -0.486 e. The first kappa shape index (κ1) is 11.7. The highest BCUT2D eigenvalue weighted by molar-refractivity contribution is 5.81. The fourth-order valence-electron chi connectivity index (χ4n) is 1.22. The van der Waals surface area contributed by atoms with Crippen molar-refractivity contribution in [2.24, 2.45) is 0 Å². The van der Waals surface area contributed by atoms with E-state index >= 15 is 0 Å². The Kier molecular flexibility index (Phi) is 4.84. The molecular weight excluding hydrogens is 192 g/mol. The summed E-state index contributed by atoms with van der Waals surface area (Å²) in [5.41, 5.74) is 1.20. The van der Waals surface area contributed by atoms with Crippen LogP contribution in [0.2, 0.25) is 0 Å². The Morgan fingerprint density at radius 3 is 2.80 bits per heavy atom. The average Bonchev–Trinajstić information content (AvgIpc) is 2.27. The van der Waals surface area contributed by atoms with E-state index in [0.717, 1.165) is 12.2 Å². The summed E-state index contributed by atoms with van der Waals surface area (Å²) < 4.78 is 10.0. The van der Waals surface area contributed by atoms with Crippen molar-refractivity contribution in [1.29, 1.82) is 0 Å². The first-order valence-corrected chi connectivity index (χ1v) is 4.98. The summed E-state index contributed by atoms with van der Waals surface area (Å²) >= 11 is 0. The number of ether oxygens (including phenoxy) is 2. The van der Waals surface area contributed by atoms with E-state index in [4.69, 9.17) is 9.47 Å². The number of ketones is 1. The molecular formula is C12H16O3. The van der Waals surface area contributed by atoms with Gasteiger partial charge >= 0.3 is 0 Å². The lowest BCUT2D eigenvalue weighted by Gasteiger charge is -2.06. The highest BCUT2D eigenvalue weighted by atomic mass is 16.5. The summed E-state index contributed by atoms with van der Waals surface area (Å²) in [5, 5.41) is 0. The second-order valence-corrected chi connectivity index (χ2v) is 3.26. The molecule has 0 atom stereocenters. The summed E-state index contributed by atoms with van der Waals surface area (Å²) in [4.78, 5) is 11.1. The maximum Gasteiger partial charge on any atom is 0.195 e. The highest BCUT2D eigenvalue weighted by Crippen LogP contribution is 2.13. The molecule has 0 saturated heterocycles. The molecule has 1 aromatic rings. The lowest BCUT2D eigenvalue weighted by Crippen LogP contribution is -2.16. The quantitative estimate of drug-likeness (QED) is 0.715. The molecule has 82 valence electrons. The summed E-state index contributed by atoms with van der Waals surface area (Å²) in [5.74, 6) is 0.679. The molecule has 15 heavy (non-hydrogen) atoms. The van der Waals surface area contributed by atoms with Crippen molar-refractivity contribution >= 4 is 5.78 Å². The average molecular weight is 208 g/mol. The maximum absolute atomic E-state index is 11.1. The van der Waals surface area contributed by atoms with Crippen LogP contribution in [-0.2, 0) is 16.0 Å². The number of hydrogen-bond donors (Lipinski definition) is 0. The highest BCUT2D eigenvalue weighted by Gasteiger charge is 2.02. The minimum absolute atomic E-state index is 0.0561. The lowest BCUT2D eigenvalue weighted by atomic mass is 10.2. The zero-order valence-corrected chi connectivity index (χ0v) is 9.16. The number of Topliss-reactive ketones (excluding diaryl/α,β-unsaturated/α-hetero) is 1. The molecule has 0 N–H and O–H groups in total. The minimum atomic E-state index is -0.0561. The monoisotopic (exact) mass is 208 g/mol. The number of methoxy groups -OCH3 is 1. The molecule has 1 aromatic carbocycles. The van der Waals surface area contributed by atoms with Crippen LogP contribution in [0, 0.1) is 0 Å². The van der Waals surface area contributed by atoms with Gasteiger partial charge in [-0.2, -0.15) is 0 Å². The van der Waals surface area contributed by atoms with E-state index in [9.17, 15) is 4.79 Å². The zero-order chi connectivity index (χ0) is 11.1. The number of carbonyl (C=O) groups excluding carboxylic acids is 1. The van der Waals surface area contributed by atoms with Crippen molar-refractivity contribution < 1.29 is 14.3 Å². The van der Waals surface area contributed by atoms with Gasteiger partial charge in [-0.05, 0) is 24.1 Å². The van der Waals surface area contributed by atoms with Crippen molar-refractivity contribution in [2.45, 2.75) is 13.3 Å². The number of hydrogen-bond acceptors (Lipinski definition) is 3. The third kappa shape index (κ3) is 4.13. The van der Waals surface area contributed by atoms with Gasteiger partial charge in [0.05, 0.1) is 0 Å². The van der Waals surface area contributed by atoms with Crippen molar-refractivity contribution in [3.05, 3.63) is 29.8 Å². The Balaban J connectivity index is 2.46. The van der Waals surface area contributed by atoms with Crippen LogP contribution in [0.4, 0.5) is 0 Å². The molecule has 0 aliphatic carbocycles. The third-order valence-corrected chi connectivity index (χ3v) is 2.01. The molecule has 0 heterocycles. The molecule has 0 aliphatic heterocycles. The van der Waals surface area contributed by atoms with Crippen molar-refractivity contribution in [3.63, 3.8) is 0 Å². The Hall–Kier alpha value is -1.35. The summed E-state index contributed by atoms with van der Waals surface area (Å²) in [6.07, 6.45) is 0.962.